The summed E-state index contributed by atoms with van der Waals surface area (Å²) >= 11 is 0. The van der Waals surface area contributed by atoms with Gasteiger partial charge >= 0.3 is 0 Å². The first kappa shape index (κ1) is 15.5. The predicted molar refractivity (Wildman–Crippen MR) is 77.4 cm³/mol. The Morgan fingerprint density at radius 1 is 1.26 bits per heavy atom. The molecule has 0 aromatic heterocycles. The molecule has 0 bridgehead atoms. The Morgan fingerprint density at radius 3 is 2.74 bits per heavy atom. The second-order valence-electron chi connectivity index (χ2n) is 4.20. The number of aliphatic hydroxyl groups excluding tert-OH is 1. The van der Waals surface area contributed by atoms with E-state index in [1.54, 1.807) is 0 Å². The van der Waals surface area contributed by atoms with Gasteiger partial charge in [0, 0.05) is 12.2 Å². The summed E-state index contributed by atoms with van der Waals surface area (Å²) in [7, 11) is 0. The Morgan fingerprint density at radius 2 is 2.05 bits per heavy atom. The molecule has 1 aromatic carbocycles. The van der Waals surface area contributed by atoms with Crippen LogP contribution in [0, 0.1) is 6.92 Å². The molecular weight excluding hydrogens is 242 g/mol. The van der Waals surface area contributed by atoms with E-state index in [9.17, 15) is 0 Å². The fourth-order valence-corrected chi connectivity index (χ4v) is 1.78. The highest BCUT2D eigenvalue weighted by atomic mass is 16.5. The van der Waals surface area contributed by atoms with Crippen molar-refractivity contribution in [1.29, 1.82) is 0 Å². The summed E-state index contributed by atoms with van der Waals surface area (Å²) in [5.74, 6) is 0. The lowest BCUT2D eigenvalue weighted by atomic mass is 10.2. The van der Waals surface area contributed by atoms with Crippen molar-refractivity contribution in [1.82, 2.24) is 0 Å². The lowest BCUT2D eigenvalue weighted by Gasteiger charge is -2.24. The number of hydrogen-bond acceptors (Lipinski definition) is 4. The van der Waals surface area contributed by atoms with Crippen molar-refractivity contribution in [2.45, 2.75) is 6.92 Å². The van der Waals surface area contributed by atoms with Crippen LogP contribution in [0.5, 0.6) is 0 Å². The van der Waals surface area contributed by atoms with Crippen LogP contribution >= 0.6 is 0 Å². The molecule has 4 heteroatoms. The maximum absolute atomic E-state index is 8.69. The van der Waals surface area contributed by atoms with E-state index in [1.807, 2.05) is 6.07 Å². The maximum Gasteiger partial charge on any atom is 0.105 e. The molecule has 0 saturated heterocycles. The third kappa shape index (κ3) is 6.27. The first-order valence-electron chi connectivity index (χ1n) is 6.50. The molecule has 0 heterocycles. The normalized spacial score (nSPS) is 10.2. The SMILES string of the molecule is C=COCCN(CCOCCO)c1cccc(C)c1. The van der Waals surface area contributed by atoms with Gasteiger partial charge in [0.2, 0.25) is 0 Å². The minimum Gasteiger partial charge on any atom is -0.500 e. The minimum atomic E-state index is 0.0595. The van der Waals surface area contributed by atoms with E-state index in [4.69, 9.17) is 14.6 Å². The van der Waals surface area contributed by atoms with Gasteiger partial charge in [0.15, 0.2) is 0 Å². The average Bonchev–Trinajstić information content (AvgIpc) is 2.41. The molecule has 1 rings (SSSR count). The molecule has 0 aliphatic heterocycles. The van der Waals surface area contributed by atoms with Crippen LogP contribution in [0.2, 0.25) is 0 Å². The summed E-state index contributed by atoms with van der Waals surface area (Å²) in [6.45, 7) is 8.77. The first-order chi connectivity index (χ1) is 9.27. The number of anilines is 1. The highest BCUT2D eigenvalue weighted by Crippen LogP contribution is 2.15. The van der Waals surface area contributed by atoms with Crippen molar-refractivity contribution in [2.24, 2.45) is 0 Å². The van der Waals surface area contributed by atoms with Crippen LogP contribution in [0.4, 0.5) is 5.69 Å². The van der Waals surface area contributed by atoms with Crippen molar-refractivity contribution < 1.29 is 14.6 Å². The third-order valence-corrected chi connectivity index (χ3v) is 2.70. The summed E-state index contributed by atoms with van der Waals surface area (Å²) < 4.78 is 10.5. The fraction of sp³-hybridized carbons (Fsp3) is 0.467. The van der Waals surface area contributed by atoms with Crippen molar-refractivity contribution in [3.8, 4) is 0 Å². The Balaban J connectivity index is 2.54. The smallest absolute Gasteiger partial charge is 0.105 e. The number of benzene rings is 1. The molecule has 106 valence electrons. The molecule has 0 saturated carbocycles. The number of rotatable bonds is 10. The molecule has 0 radical (unpaired) electrons. The number of aryl methyl sites for hydroxylation is 1. The minimum absolute atomic E-state index is 0.0595. The van der Waals surface area contributed by atoms with Crippen LogP contribution in [0.1, 0.15) is 5.56 Å². The summed E-state index contributed by atoms with van der Waals surface area (Å²) in [6.07, 6.45) is 1.46. The van der Waals surface area contributed by atoms with Gasteiger partial charge in [0.25, 0.3) is 0 Å². The molecule has 0 amide bonds. The Kier molecular flexibility index (Phi) is 7.70. The fourth-order valence-electron chi connectivity index (χ4n) is 1.78. The zero-order valence-electron chi connectivity index (χ0n) is 11.5. The topological polar surface area (TPSA) is 41.9 Å². The van der Waals surface area contributed by atoms with Crippen LogP contribution in [-0.2, 0) is 9.47 Å². The van der Waals surface area contributed by atoms with Gasteiger partial charge in [-0.2, -0.15) is 0 Å². The van der Waals surface area contributed by atoms with E-state index in [-0.39, 0.29) is 6.61 Å². The van der Waals surface area contributed by atoms with Gasteiger partial charge in [-0.1, -0.05) is 18.7 Å². The summed E-state index contributed by atoms with van der Waals surface area (Å²) in [6, 6.07) is 8.33. The number of aliphatic hydroxyl groups is 1. The van der Waals surface area contributed by atoms with E-state index >= 15 is 0 Å². The summed E-state index contributed by atoms with van der Waals surface area (Å²) in [5, 5.41) is 8.69. The Bertz CT molecular complexity index is 368. The van der Waals surface area contributed by atoms with Crippen LogP contribution < -0.4 is 4.90 Å². The van der Waals surface area contributed by atoms with Crippen molar-refractivity contribution in [3.05, 3.63) is 42.7 Å². The van der Waals surface area contributed by atoms with Gasteiger partial charge in [-0.05, 0) is 24.6 Å². The van der Waals surface area contributed by atoms with Gasteiger partial charge < -0.3 is 19.5 Å². The van der Waals surface area contributed by atoms with Crippen LogP contribution in [-0.4, -0.2) is 44.6 Å². The van der Waals surface area contributed by atoms with Gasteiger partial charge in [0.05, 0.1) is 32.6 Å². The molecule has 0 aliphatic rings. The third-order valence-electron chi connectivity index (χ3n) is 2.70. The van der Waals surface area contributed by atoms with Crippen LogP contribution in [0.25, 0.3) is 0 Å². The molecule has 0 spiro atoms. The van der Waals surface area contributed by atoms with E-state index in [0.717, 1.165) is 18.8 Å². The standard InChI is InChI=1S/C15H23NO3/c1-3-18-10-7-16(8-11-19-12-9-17)15-6-4-5-14(2)13-15/h3-6,13,17H,1,7-12H2,2H3. The van der Waals surface area contributed by atoms with E-state index < -0.39 is 0 Å². The molecule has 1 aromatic rings. The zero-order valence-corrected chi connectivity index (χ0v) is 11.5. The number of hydrogen-bond donors (Lipinski definition) is 1. The van der Waals surface area contributed by atoms with Gasteiger partial charge in [-0.3, -0.25) is 0 Å². The largest absolute Gasteiger partial charge is 0.500 e. The molecule has 0 aliphatic carbocycles. The van der Waals surface area contributed by atoms with E-state index in [2.05, 4.69) is 36.6 Å². The number of nitrogens with zero attached hydrogens (tertiary/aromatic N) is 1. The lowest BCUT2D eigenvalue weighted by Crippen LogP contribution is -2.31. The first-order valence-corrected chi connectivity index (χ1v) is 6.50. The monoisotopic (exact) mass is 265 g/mol. The second-order valence-corrected chi connectivity index (χ2v) is 4.20. The quantitative estimate of drug-likeness (QED) is 0.519. The lowest BCUT2D eigenvalue weighted by molar-refractivity contribution is 0.0961. The molecule has 0 unspecified atom stereocenters. The van der Waals surface area contributed by atoms with Crippen LogP contribution in [0.15, 0.2) is 37.1 Å². The molecule has 4 nitrogen and oxygen atoms in total. The predicted octanol–water partition coefficient (Wildman–Crippen LogP) is 1.97. The Hall–Kier alpha value is -1.52. The highest BCUT2D eigenvalue weighted by molar-refractivity contribution is 5.48. The van der Waals surface area contributed by atoms with Gasteiger partial charge in [-0.15, -0.1) is 0 Å². The van der Waals surface area contributed by atoms with E-state index in [1.165, 1.54) is 11.8 Å². The molecule has 0 atom stereocenters. The second kappa shape index (κ2) is 9.42. The summed E-state index contributed by atoms with van der Waals surface area (Å²) in [5.41, 5.74) is 2.38. The number of ether oxygens (including phenoxy) is 2. The maximum atomic E-state index is 8.69. The summed E-state index contributed by atoms with van der Waals surface area (Å²) in [4.78, 5) is 2.20. The Labute approximate surface area is 115 Å². The van der Waals surface area contributed by atoms with Crippen LogP contribution in [0.3, 0.4) is 0 Å². The molecular formula is C15H23NO3. The van der Waals surface area contributed by atoms with Gasteiger partial charge in [0.1, 0.15) is 6.61 Å². The average molecular weight is 265 g/mol. The highest BCUT2D eigenvalue weighted by Gasteiger charge is 2.06. The van der Waals surface area contributed by atoms with Crippen molar-refractivity contribution in [3.63, 3.8) is 0 Å². The van der Waals surface area contributed by atoms with Gasteiger partial charge in [-0.25, -0.2) is 0 Å². The molecule has 0 fully saturated rings. The van der Waals surface area contributed by atoms with Crippen molar-refractivity contribution >= 4 is 5.69 Å². The van der Waals surface area contributed by atoms with E-state index in [0.29, 0.717) is 19.8 Å². The molecule has 19 heavy (non-hydrogen) atoms. The van der Waals surface area contributed by atoms with Crippen molar-refractivity contribution in [2.75, 3.05) is 44.4 Å². The molecule has 1 N–H and O–H groups in total. The zero-order chi connectivity index (χ0) is 13.9.